The number of nitrogens with two attached hydrogens (primary N) is 1. The molecule has 1 aliphatic rings. The fourth-order valence-electron chi connectivity index (χ4n) is 1.94. The van der Waals surface area contributed by atoms with Crippen LogP contribution in [0.5, 0.6) is 5.75 Å². The number of anilines is 1. The van der Waals surface area contributed by atoms with Gasteiger partial charge in [0.1, 0.15) is 0 Å². The Balaban J connectivity index is 2.33. The van der Waals surface area contributed by atoms with Gasteiger partial charge in [-0.05, 0) is 31.9 Å². The van der Waals surface area contributed by atoms with E-state index in [-0.39, 0.29) is 5.54 Å². The summed E-state index contributed by atoms with van der Waals surface area (Å²) in [6, 6.07) is 5.82. The molecule has 92 valence electrons. The topological polar surface area (TPSA) is 38.5 Å². The van der Waals surface area contributed by atoms with Crippen LogP contribution in [0.2, 0.25) is 0 Å². The summed E-state index contributed by atoms with van der Waals surface area (Å²) in [6.45, 7) is 6.54. The first-order valence-corrected chi connectivity index (χ1v) is 6.14. The third-order valence-corrected chi connectivity index (χ3v) is 3.71. The molecule has 0 amide bonds. The summed E-state index contributed by atoms with van der Waals surface area (Å²) in [5.74, 6) is 0.767. The molecular formula is C14H20N2O. The van der Waals surface area contributed by atoms with Gasteiger partial charge in [0.05, 0.1) is 11.2 Å². The minimum atomic E-state index is 0.0104. The highest BCUT2D eigenvalue weighted by Gasteiger charge is 2.30. The second-order valence-electron chi connectivity index (χ2n) is 4.70. The molecule has 3 heteroatoms. The lowest BCUT2D eigenvalue weighted by Gasteiger charge is -2.40. The average Bonchev–Trinajstić information content (AvgIpc) is 2.38. The van der Waals surface area contributed by atoms with E-state index in [0.29, 0.717) is 5.69 Å². The molecule has 0 saturated heterocycles. The van der Waals surface area contributed by atoms with Crippen molar-refractivity contribution in [2.75, 3.05) is 5.73 Å². The van der Waals surface area contributed by atoms with Gasteiger partial charge in [0.2, 0.25) is 0 Å². The van der Waals surface area contributed by atoms with Crippen molar-refractivity contribution in [3.05, 3.63) is 30.0 Å². The third-order valence-electron chi connectivity index (χ3n) is 3.71. The molecule has 0 spiro atoms. The highest BCUT2D eigenvalue weighted by atomic mass is 16.7. The lowest BCUT2D eigenvalue weighted by atomic mass is 9.95. The van der Waals surface area contributed by atoms with Crippen LogP contribution in [0.15, 0.2) is 24.4 Å². The highest BCUT2D eigenvalue weighted by molar-refractivity contribution is 5.68. The van der Waals surface area contributed by atoms with Gasteiger partial charge in [-0.1, -0.05) is 26.0 Å². The number of rotatable bonds is 3. The molecule has 0 fully saturated rings. The molecule has 0 radical (unpaired) electrons. The average molecular weight is 232 g/mol. The van der Waals surface area contributed by atoms with Crippen LogP contribution in [0.3, 0.4) is 0 Å². The summed E-state index contributed by atoms with van der Waals surface area (Å²) in [5, 5.41) is 1.92. The van der Waals surface area contributed by atoms with E-state index in [9.17, 15) is 0 Å². The molecule has 0 unspecified atom stereocenters. The smallest absolute Gasteiger partial charge is 0.185 e. The van der Waals surface area contributed by atoms with E-state index in [2.05, 4.69) is 26.8 Å². The van der Waals surface area contributed by atoms with E-state index in [0.717, 1.165) is 24.2 Å². The molecular weight excluding hydrogens is 212 g/mol. The highest BCUT2D eigenvalue weighted by Crippen LogP contribution is 2.35. The molecule has 0 bridgehead atoms. The SMILES string of the molecule is CCC(C)(CC)N1C=Cc2cccc(N)c2O1. The summed E-state index contributed by atoms with van der Waals surface area (Å²) in [6.07, 6.45) is 6.10. The second kappa shape index (κ2) is 4.32. The van der Waals surface area contributed by atoms with Gasteiger partial charge in [0.15, 0.2) is 5.75 Å². The Morgan fingerprint density at radius 3 is 2.65 bits per heavy atom. The van der Waals surface area contributed by atoms with Crippen LogP contribution in [0.1, 0.15) is 39.2 Å². The van der Waals surface area contributed by atoms with Crippen LogP contribution in [0.4, 0.5) is 5.69 Å². The molecule has 2 N–H and O–H groups in total. The minimum absolute atomic E-state index is 0.0104. The fourth-order valence-corrected chi connectivity index (χ4v) is 1.94. The Morgan fingerprint density at radius 2 is 2.00 bits per heavy atom. The van der Waals surface area contributed by atoms with Crippen LogP contribution >= 0.6 is 0 Å². The van der Waals surface area contributed by atoms with Crippen LogP contribution in [-0.4, -0.2) is 10.6 Å². The number of nitrogen functional groups attached to an aromatic ring is 1. The normalized spacial score (nSPS) is 14.4. The van der Waals surface area contributed by atoms with Gasteiger partial charge in [-0.3, -0.25) is 0 Å². The van der Waals surface area contributed by atoms with Gasteiger partial charge in [-0.15, -0.1) is 0 Å². The lowest BCUT2D eigenvalue weighted by Crippen LogP contribution is -2.45. The molecule has 0 aromatic heterocycles. The minimum Gasteiger partial charge on any atom is -0.396 e. The van der Waals surface area contributed by atoms with E-state index in [1.165, 1.54) is 0 Å². The van der Waals surface area contributed by atoms with Crippen LogP contribution < -0.4 is 10.6 Å². The molecule has 17 heavy (non-hydrogen) atoms. The van der Waals surface area contributed by atoms with E-state index in [1.807, 2.05) is 29.5 Å². The molecule has 0 aliphatic carbocycles. The van der Waals surface area contributed by atoms with Crippen molar-refractivity contribution >= 4 is 11.8 Å². The molecule has 2 rings (SSSR count). The quantitative estimate of drug-likeness (QED) is 0.811. The van der Waals surface area contributed by atoms with Crippen molar-refractivity contribution in [3.63, 3.8) is 0 Å². The van der Waals surface area contributed by atoms with E-state index < -0.39 is 0 Å². The fraction of sp³-hybridized carbons (Fsp3) is 0.429. The molecule has 0 atom stereocenters. The summed E-state index contributed by atoms with van der Waals surface area (Å²) in [4.78, 5) is 5.93. The Morgan fingerprint density at radius 1 is 1.29 bits per heavy atom. The van der Waals surface area contributed by atoms with E-state index in [4.69, 9.17) is 10.6 Å². The van der Waals surface area contributed by atoms with Gasteiger partial charge < -0.3 is 10.6 Å². The Kier molecular flexibility index (Phi) is 3.01. The van der Waals surface area contributed by atoms with Gasteiger partial charge in [0.25, 0.3) is 0 Å². The van der Waals surface area contributed by atoms with Gasteiger partial charge >= 0.3 is 0 Å². The third kappa shape index (κ3) is 1.97. The zero-order chi connectivity index (χ0) is 12.5. The number of nitrogens with zero attached hydrogens (tertiary/aromatic N) is 1. The van der Waals surface area contributed by atoms with Crippen LogP contribution in [-0.2, 0) is 0 Å². The molecule has 1 heterocycles. The molecule has 1 aliphatic heterocycles. The Labute approximate surface area is 103 Å². The monoisotopic (exact) mass is 232 g/mol. The number of hydroxylamine groups is 2. The summed E-state index contributed by atoms with van der Waals surface area (Å²) in [7, 11) is 0. The number of hydrogen-bond acceptors (Lipinski definition) is 3. The second-order valence-corrected chi connectivity index (χ2v) is 4.70. The molecule has 3 nitrogen and oxygen atoms in total. The zero-order valence-electron chi connectivity index (χ0n) is 10.7. The van der Waals surface area contributed by atoms with Gasteiger partial charge in [-0.2, -0.15) is 0 Å². The lowest BCUT2D eigenvalue weighted by molar-refractivity contribution is -0.0991. The first kappa shape index (κ1) is 11.8. The number of benzene rings is 1. The molecule has 1 aromatic carbocycles. The standard InChI is InChI=1S/C14H20N2O/c1-4-14(3,5-2)16-10-9-11-7-6-8-12(15)13(11)17-16/h6-10H,4-5,15H2,1-3H3. The van der Waals surface area contributed by atoms with Crippen molar-refractivity contribution in [3.8, 4) is 5.75 Å². The number of fused-ring (bicyclic) bond motifs is 1. The summed E-state index contributed by atoms with van der Waals surface area (Å²) >= 11 is 0. The van der Waals surface area contributed by atoms with E-state index in [1.54, 1.807) is 0 Å². The van der Waals surface area contributed by atoms with Crippen LogP contribution in [0.25, 0.3) is 6.08 Å². The number of hydrogen-bond donors (Lipinski definition) is 1. The summed E-state index contributed by atoms with van der Waals surface area (Å²) < 4.78 is 0. The zero-order valence-corrected chi connectivity index (χ0v) is 10.7. The van der Waals surface area contributed by atoms with Gasteiger partial charge in [-0.25, -0.2) is 5.06 Å². The van der Waals surface area contributed by atoms with Crippen LogP contribution in [0, 0.1) is 0 Å². The van der Waals surface area contributed by atoms with Gasteiger partial charge in [0, 0.05) is 11.8 Å². The Bertz CT molecular complexity index is 436. The van der Waals surface area contributed by atoms with Crippen molar-refractivity contribution < 1.29 is 4.84 Å². The predicted octanol–water partition coefficient (Wildman–Crippen LogP) is 3.43. The van der Waals surface area contributed by atoms with Crippen molar-refractivity contribution in [2.45, 2.75) is 39.2 Å². The van der Waals surface area contributed by atoms with Crippen molar-refractivity contribution in [2.24, 2.45) is 0 Å². The maximum atomic E-state index is 5.94. The molecule has 1 aromatic rings. The largest absolute Gasteiger partial charge is 0.396 e. The maximum Gasteiger partial charge on any atom is 0.185 e. The predicted molar refractivity (Wildman–Crippen MR) is 71.3 cm³/mol. The van der Waals surface area contributed by atoms with E-state index >= 15 is 0 Å². The first-order valence-electron chi connectivity index (χ1n) is 6.14. The Hall–Kier alpha value is -1.64. The first-order chi connectivity index (χ1) is 8.10. The van der Waals surface area contributed by atoms with Crippen molar-refractivity contribution in [1.29, 1.82) is 0 Å². The maximum absolute atomic E-state index is 5.94. The summed E-state index contributed by atoms with van der Waals surface area (Å²) in [5.41, 5.74) is 7.68. The number of para-hydroxylation sites is 1. The molecule has 0 saturated carbocycles. The van der Waals surface area contributed by atoms with Crippen molar-refractivity contribution in [1.82, 2.24) is 5.06 Å².